The minimum absolute atomic E-state index is 0.170. The highest BCUT2D eigenvalue weighted by atomic mass is 15.1. The van der Waals surface area contributed by atoms with Crippen molar-refractivity contribution in [2.45, 2.75) is 19.9 Å². The summed E-state index contributed by atoms with van der Waals surface area (Å²) in [6, 6.07) is 0.185. The number of aromatic nitrogens is 4. The third-order valence-electron chi connectivity index (χ3n) is 2.29. The van der Waals surface area contributed by atoms with Crippen LogP contribution in [0.1, 0.15) is 19.9 Å². The van der Waals surface area contributed by atoms with Crippen LogP contribution in [0, 0.1) is 5.41 Å². The Hall–Kier alpha value is -2.18. The van der Waals surface area contributed by atoms with Crippen LogP contribution in [0.5, 0.6) is 0 Å². The molecule has 5 N–H and O–H groups in total. The standard InChI is InChI=1S/C9H13N7/c1-4(2)16-3-13-5-6(16)8(11)15-9(12)14-7(5)10/h3-4H,1-2H3,(H5,10,11,12,14,15). The van der Waals surface area contributed by atoms with Gasteiger partial charge in [-0.25, -0.2) is 4.98 Å². The second-order valence-corrected chi connectivity index (χ2v) is 3.76. The van der Waals surface area contributed by atoms with Crippen molar-refractivity contribution in [3.8, 4) is 0 Å². The summed E-state index contributed by atoms with van der Waals surface area (Å²) in [6.45, 7) is 4.00. The van der Waals surface area contributed by atoms with E-state index in [0.717, 1.165) is 0 Å². The second kappa shape index (κ2) is 3.44. The molecule has 0 radical (unpaired) electrons. The third kappa shape index (κ3) is 1.46. The molecule has 7 nitrogen and oxygen atoms in total. The maximum Gasteiger partial charge on any atom is 0.245 e. The van der Waals surface area contributed by atoms with Gasteiger partial charge in [0.25, 0.3) is 0 Å². The summed E-state index contributed by atoms with van der Waals surface area (Å²) in [5.74, 6) is 0.388. The lowest BCUT2D eigenvalue weighted by atomic mass is 10.3. The van der Waals surface area contributed by atoms with E-state index in [9.17, 15) is 0 Å². The van der Waals surface area contributed by atoms with Gasteiger partial charge in [-0.3, -0.25) is 5.41 Å². The zero-order valence-corrected chi connectivity index (χ0v) is 9.10. The second-order valence-electron chi connectivity index (χ2n) is 3.76. The Morgan fingerprint density at radius 3 is 2.50 bits per heavy atom. The number of fused-ring (bicyclic) bond motifs is 1. The molecule has 0 saturated heterocycles. The van der Waals surface area contributed by atoms with E-state index in [2.05, 4.69) is 15.0 Å². The number of rotatable bonds is 1. The van der Waals surface area contributed by atoms with E-state index in [1.165, 1.54) is 0 Å². The molecule has 0 unspecified atom stereocenters. The fraction of sp³-hybridized carbons (Fsp3) is 0.333. The summed E-state index contributed by atoms with van der Waals surface area (Å²) in [7, 11) is 0. The number of hydrogen-bond donors (Lipinski definition) is 3. The van der Waals surface area contributed by atoms with Gasteiger partial charge in [0.15, 0.2) is 11.6 Å². The molecule has 0 aliphatic heterocycles. The summed E-state index contributed by atoms with van der Waals surface area (Å²) in [5, 5.41) is 7.41. The lowest BCUT2D eigenvalue weighted by molar-refractivity contribution is 0.617. The molecule has 2 heterocycles. The molecular formula is C9H13N7. The largest absolute Gasteiger partial charge is 0.382 e. The molecule has 84 valence electrons. The zero-order valence-electron chi connectivity index (χ0n) is 9.10. The van der Waals surface area contributed by atoms with Gasteiger partial charge in [0, 0.05) is 6.04 Å². The molecule has 0 atom stereocenters. The first-order valence-corrected chi connectivity index (χ1v) is 4.85. The number of nitrogens with zero attached hydrogens (tertiary/aromatic N) is 4. The highest BCUT2D eigenvalue weighted by Crippen LogP contribution is 2.22. The van der Waals surface area contributed by atoms with E-state index in [-0.39, 0.29) is 23.3 Å². The predicted octanol–water partition coefficient (Wildman–Crippen LogP) is 0.0511. The van der Waals surface area contributed by atoms with Gasteiger partial charge in [0.2, 0.25) is 5.62 Å². The minimum Gasteiger partial charge on any atom is -0.382 e. The summed E-state index contributed by atoms with van der Waals surface area (Å²) >= 11 is 0. The summed E-state index contributed by atoms with van der Waals surface area (Å²) < 4.78 is 1.86. The van der Waals surface area contributed by atoms with Crippen molar-refractivity contribution in [2.75, 3.05) is 11.5 Å². The van der Waals surface area contributed by atoms with Crippen LogP contribution in [0.15, 0.2) is 6.33 Å². The van der Waals surface area contributed by atoms with Crippen LogP contribution in [0.3, 0.4) is 0 Å². The van der Waals surface area contributed by atoms with Crippen LogP contribution >= 0.6 is 0 Å². The van der Waals surface area contributed by atoms with Crippen molar-refractivity contribution in [3.63, 3.8) is 0 Å². The SMILES string of the molecule is CC(C)n1cnc2c(N)nc(=N)nc(N)c21. The molecule has 2 rings (SSSR count). The quantitative estimate of drug-likeness (QED) is 0.626. The lowest BCUT2D eigenvalue weighted by Crippen LogP contribution is -2.10. The van der Waals surface area contributed by atoms with Gasteiger partial charge in [-0.2, -0.15) is 9.97 Å². The molecule has 0 aliphatic rings. The molecule has 0 fully saturated rings. The van der Waals surface area contributed by atoms with Crippen LogP contribution in [0.25, 0.3) is 11.0 Å². The molecule has 0 saturated carbocycles. The monoisotopic (exact) mass is 219 g/mol. The topological polar surface area (TPSA) is 119 Å². The number of imidazole rings is 1. The number of nitrogens with two attached hydrogens (primary N) is 2. The van der Waals surface area contributed by atoms with Gasteiger partial charge in [0.1, 0.15) is 11.0 Å². The highest BCUT2D eigenvalue weighted by Gasteiger charge is 2.11. The average molecular weight is 219 g/mol. The number of anilines is 2. The molecule has 0 bridgehead atoms. The molecular weight excluding hydrogens is 206 g/mol. The first kappa shape index (κ1) is 10.3. The van der Waals surface area contributed by atoms with E-state index >= 15 is 0 Å². The van der Waals surface area contributed by atoms with Crippen LogP contribution in [-0.4, -0.2) is 19.5 Å². The Balaban J connectivity index is 2.99. The van der Waals surface area contributed by atoms with Crippen molar-refractivity contribution in [3.05, 3.63) is 11.9 Å². The van der Waals surface area contributed by atoms with Crippen molar-refractivity contribution < 1.29 is 0 Å². The zero-order chi connectivity index (χ0) is 11.9. The molecule has 0 spiro atoms. The summed E-state index contributed by atoms with van der Waals surface area (Å²) in [4.78, 5) is 11.8. The Labute approximate surface area is 91.7 Å². The smallest absolute Gasteiger partial charge is 0.245 e. The molecule has 0 aliphatic carbocycles. The Bertz CT molecular complexity index is 599. The maximum atomic E-state index is 7.41. The molecule has 2 aromatic heterocycles. The van der Waals surface area contributed by atoms with E-state index in [1.54, 1.807) is 6.33 Å². The normalized spacial score (nSPS) is 11.2. The third-order valence-corrected chi connectivity index (χ3v) is 2.29. The van der Waals surface area contributed by atoms with E-state index in [4.69, 9.17) is 16.9 Å². The molecule has 7 heteroatoms. The molecule has 0 amide bonds. The van der Waals surface area contributed by atoms with E-state index < -0.39 is 0 Å². The van der Waals surface area contributed by atoms with Gasteiger partial charge in [0.05, 0.1) is 6.33 Å². The van der Waals surface area contributed by atoms with E-state index in [1.807, 2.05) is 18.4 Å². The van der Waals surface area contributed by atoms with Crippen LogP contribution in [0.4, 0.5) is 11.6 Å². The first-order chi connectivity index (χ1) is 7.50. The Morgan fingerprint density at radius 1 is 1.25 bits per heavy atom. The number of nitrogen functional groups attached to an aromatic ring is 2. The lowest BCUT2D eigenvalue weighted by Gasteiger charge is -2.07. The van der Waals surface area contributed by atoms with Gasteiger partial charge in [-0.15, -0.1) is 0 Å². The predicted molar refractivity (Wildman–Crippen MR) is 60.4 cm³/mol. The van der Waals surface area contributed by atoms with Crippen LogP contribution < -0.4 is 17.1 Å². The van der Waals surface area contributed by atoms with Gasteiger partial charge in [-0.1, -0.05) is 0 Å². The van der Waals surface area contributed by atoms with Crippen molar-refractivity contribution in [2.24, 2.45) is 0 Å². The summed E-state index contributed by atoms with van der Waals surface area (Å²) in [5.41, 5.74) is 12.4. The van der Waals surface area contributed by atoms with Crippen molar-refractivity contribution in [1.29, 1.82) is 5.41 Å². The Morgan fingerprint density at radius 2 is 1.88 bits per heavy atom. The minimum atomic E-state index is -0.205. The fourth-order valence-corrected chi connectivity index (χ4v) is 1.55. The van der Waals surface area contributed by atoms with Crippen molar-refractivity contribution >= 4 is 22.7 Å². The van der Waals surface area contributed by atoms with Crippen LogP contribution in [0.2, 0.25) is 0 Å². The average Bonchev–Trinajstić information content (AvgIpc) is 2.56. The van der Waals surface area contributed by atoms with Crippen LogP contribution in [-0.2, 0) is 0 Å². The molecule has 16 heavy (non-hydrogen) atoms. The number of hydrogen-bond acceptors (Lipinski definition) is 6. The number of nitrogens with one attached hydrogen (secondary N) is 1. The first-order valence-electron chi connectivity index (χ1n) is 4.85. The highest BCUT2D eigenvalue weighted by molar-refractivity contribution is 5.90. The molecule has 0 aromatic carbocycles. The fourth-order valence-electron chi connectivity index (χ4n) is 1.55. The maximum absolute atomic E-state index is 7.41. The van der Waals surface area contributed by atoms with E-state index in [0.29, 0.717) is 11.0 Å². The van der Waals surface area contributed by atoms with Gasteiger partial charge >= 0.3 is 0 Å². The Kier molecular flexibility index (Phi) is 2.22. The van der Waals surface area contributed by atoms with Gasteiger partial charge in [-0.05, 0) is 13.8 Å². The molecule has 2 aromatic rings. The van der Waals surface area contributed by atoms with Crippen molar-refractivity contribution in [1.82, 2.24) is 19.5 Å². The van der Waals surface area contributed by atoms with Gasteiger partial charge < -0.3 is 16.0 Å². The summed E-state index contributed by atoms with van der Waals surface area (Å²) in [6.07, 6.45) is 1.65.